The van der Waals surface area contributed by atoms with Crippen molar-refractivity contribution >= 4 is 5.91 Å². The zero-order chi connectivity index (χ0) is 21.1. The Bertz CT molecular complexity index is 1090. The summed E-state index contributed by atoms with van der Waals surface area (Å²) in [5.74, 6) is 0.631. The smallest absolute Gasteiger partial charge is 0.273 e. The van der Waals surface area contributed by atoms with Gasteiger partial charge in [0.1, 0.15) is 0 Å². The summed E-state index contributed by atoms with van der Waals surface area (Å²) in [4.78, 5) is 35.6. The summed E-state index contributed by atoms with van der Waals surface area (Å²) in [7, 11) is 3.54. The number of amides is 1. The number of likely N-dealkylation sites (tertiary alicyclic amines) is 1. The van der Waals surface area contributed by atoms with Gasteiger partial charge in [0.15, 0.2) is 5.82 Å². The van der Waals surface area contributed by atoms with Crippen LogP contribution in [-0.2, 0) is 0 Å². The first-order chi connectivity index (χ1) is 14.6. The zero-order valence-electron chi connectivity index (χ0n) is 17.0. The number of carbonyl (C=O) groups is 1. The number of ether oxygens (including phenoxy) is 1. The number of rotatable bonds is 5. The van der Waals surface area contributed by atoms with Gasteiger partial charge in [0.25, 0.3) is 11.5 Å². The van der Waals surface area contributed by atoms with E-state index in [1.807, 2.05) is 13.1 Å². The second-order valence-electron chi connectivity index (χ2n) is 7.27. The van der Waals surface area contributed by atoms with Crippen LogP contribution in [-0.4, -0.2) is 57.4 Å². The number of nitrogens with one attached hydrogen (secondary N) is 2. The lowest BCUT2D eigenvalue weighted by molar-refractivity contribution is 0.0829. The number of carbonyl (C=O) groups excluding carboxylic acids is 1. The van der Waals surface area contributed by atoms with Crippen molar-refractivity contribution in [3.8, 4) is 23.0 Å². The fourth-order valence-electron chi connectivity index (χ4n) is 3.61. The largest absolute Gasteiger partial charge is 0.481 e. The number of methoxy groups -OCH3 is 1. The lowest BCUT2D eigenvalue weighted by Gasteiger charge is -2.32. The molecule has 0 spiro atoms. The maximum absolute atomic E-state index is 12.6. The van der Waals surface area contributed by atoms with Crippen molar-refractivity contribution in [1.29, 1.82) is 0 Å². The molecule has 156 valence electrons. The van der Waals surface area contributed by atoms with E-state index < -0.39 is 0 Å². The van der Waals surface area contributed by atoms with Crippen molar-refractivity contribution in [3.05, 3.63) is 58.6 Å². The summed E-state index contributed by atoms with van der Waals surface area (Å²) < 4.78 is 6.58. The van der Waals surface area contributed by atoms with Gasteiger partial charge in [-0.15, -0.1) is 0 Å². The fraction of sp³-hybridized carbons (Fsp3) is 0.333. The molecule has 2 N–H and O–H groups in total. The van der Waals surface area contributed by atoms with Crippen molar-refractivity contribution in [3.63, 3.8) is 0 Å². The molecule has 0 radical (unpaired) electrons. The fourth-order valence-corrected chi connectivity index (χ4v) is 3.61. The van der Waals surface area contributed by atoms with Crippen molar-refractivity contribution < 1.29 is 9.53 Å². The third kappa shape index (κ3) is 3.97. The standard InChI is InChI=1S/C21H24N6O3/c1-26-11-4-3-7-18(26)24-20(29)14-8-9-17(23-13-14)27-19(28)12-16(25-27)15-6-5-10-22-21(15)30-2/h5-6,8-10,12-13,18,25H,3-4,7,11H2,1-2H3,(H,24,29). The SMILES string of the molecule is COc1ncccc1-c1cc(=O)n(-c2ccc(C(=O)NC3CCCCN3C)cn2)[nH]1. The van der Waals surface area contributed by atoms with E-state index in [-0.39, 0.29) is 17.6 Å². The normalized spacial score (nSPS) is 16.9. The Morgan fingerprint density at radius 2 is 2.13 bits per heavy atom. The van der Waals surface area contributed by atoms with Crippen LogP contribution in [0.5, 0.6) is 5.88 Å². The van der Waals surface area contributed by atoms with Gasteiger partial charge in [0.05, 0.1) is 30.1 Å². The molecule has 3 aromatic heterocycles. The molecule has 4 heterocycles. The van der Waals surface area contributed by atoms with Gasteiger partial charge in [-0.05, 0) is 57.1 Å². The second-order valence-corrected chi connectivity index (χ2v) is 7.27. The van der Waals surface area contributed by atoms with Gasteiger partial charge < -0.3 is 10.1 Å². The van der Waals surface area contributed by atoms with Crippen LogP contribution < -0.4 is 15.6 Å². The number of hydrogen-bond donors (Lipinski definition) is 2. The van der Waals surface area contributed by atoms with Gasteiger partial charge in [0.2, 0.25) is 5.88 Å². The molecule has 1 aliphatic heterocycles. The van der Waals surface area contributed by atoms with Crippen molar-refractivity contribution in [2.45, 2.75) is 25.4 Å². The molecule has 4 rings (SSSR count). The first-order valence-electron chi connectivity index (χ1n) is 9.86. The van der Waals surface area contributed by atoms with Crippen LogP contribution in [0.15, 0.2) is 47.5 Å². The lowest BCUT2D eigenvalue weighted by atomic mass is 10.1. The molecule has 1 aliphatic rings. The molecule has 1 amide bonds. The highest BCUT2D eigenvalue weighted by Gasteiger charge is 2.21. The number of H-pyrrole nitrogens is 1. The van der Waals surface area contributed by atoms with Gasteiger partial charge in [-0.2, -0.15) is 0 Å². The molecule has 1 saturated heterocycles. The zero-order valence-corrected chi connectivity index (χ0v) is 17.0. The Kier molecular flexibility index (Phi) is 5.62. The van der Waals surface area contributed by atoms with E-state index in [1.54, 1.807) is 24.4 Å². The summed E-state index contributed by atoms with van der Waals surface area (Å²) in [6, 6.07) is 8.34. The highest BCUT2D eigenvalue weighted by molar-refractivity contribution is 5.94. The highest BCUT2D eigenvalue weighted by atomic mass is 16.5. The van der Waals surface area contributed by atoms with E-state index in [1.165, 1.54) is 24.1 Å². The van der Waals surface area contributed by atoms with E-state index in [0.717, 1.165) is 25.8 Å². The second kappa shape index (κ2) is 8.50. The van der Waals surface area contributed by atoms with Crippen LogP contribution in [0.4, 0.5) is 0 Å². The Hall–Kier alpha value is -3.46. The molecule has 0 saturated carbocycles. The van der Waals surface area contributed by atoms with Gasteiger partial charge in [0, 0.05) is 18.5 Å². The Morgan fingerprint density at radius 1 is 1.27 bits per heavy atom. The molecule has 0 aliphatic carbocycles. The Labute approximate surface area is 173 Å². The van der Waals surface area contributed by atoms with Crippen LogP contribution in [0, 0.1) is 0 Å². The molecule has 1 unspecified atom stereocenters. The minimum atomic E-state index is -0.274. The van der Waals surface area contributed by atoms with Gasteiger partial charge in [-0.3, -0.25) is 19.6 Å². The monoisotopic (exact) mass is 408 g/mol. The first kappa shape index (κ1) is 19.8. The van der Waals surface area contributed by atoms with Gasteiger partial charge >= 0.3 is 0 Å². The molecule has 30 heavy (non-hydrogen) atoms. The summed E-state index contributed by atoms with van der Waals surface area (Å²) in [5.41, 5.74) is 1.41. The molecule has 9 heteroatoms. The maximum atomic E-state index is 12.6. The first-order valence-corrected chi connectivity index (χ1v) is 9.86. The molecule has 0 aromatic carbocycles. The molecular weight excluding hydrogens is 384 g/mol. The molecule has 3 aromatic rings. The quantitative estimate of drug-likeness (QED) is 0.667. The summed E-state index contributed by atoms with van der Waals surface area (Å²) >= 11 is 0. The van der Waals surface area contributed by atoms with Crippen LogP contribution in [0.1, 0.15) is 29.6 Å². The van der Waals surface area contributed by atoms with E-state index in [9.17, 15) is 9.59 Å². The molecule has 9 nitrogen and oxygen atoms in total. The van der Waals surface area contributed by atoms with Crippen molar-refractivity contribution in [2.75, 3.05) is 20.7 Å². The van der Waals surface area contributed by atoms with E-state index in [2.05, 4.69) is 25.3 Å². The lowest BCUT2D eigenvalue weighted by Crippen LogP contribution is -2.48. The van der Waals surface area contributed by atoms with E-state index >= 15 is 0 Å². The van der Waals surface area contributed by atoms with Crippen molar-refractivity contribution in [2.24, 2.45) is 0 Å². The third-order valence-corrected chi connectivity index (χ3v) is 5.28. The van der Waals surface area contributed by atoms with Crippen LogP contribution >= 0.6 is 0 Å². The molecule has 1 fully saturated rings. The number of aromatic nitrogens is 4. The van der Waals surface area contributed by atoms with Gasteiger partial charge in [-0.1, -0.05) is 0 Å². The maximum Gasteiger partial charge on any atom is 0.273 e. The number of aromatic amines is 1. The van der Waals surface area contributed by atoms with Crippen LogP contribution in [0.2, 0.25) is 0 Å². The summed E-state index contributed by atoms with van der Waals surface area (Å²) in [6.45, 7) is 0.974. The predicted octanol–water partition coefficient (Wildman–Crippen LogP) is 1.80. The Morgan fingerprint density at radius 3 is 2.87 bits per heavy atom. The molecule has 0 bridgehead atoms. The van der Waals surface area contributed by atoms with Crippen molar-refractivity contribution in [1.82, 2.24) is 30.0 Å². The number of pyridine rings is 2. The number of nitrogens with zero attached hydrogens (tertiary/aromatic N) is 4. The highest BCUT2D eigenvalue weighted by Crippen LogP contribution is 2.25. The average molecular weight is 408 g/mol. The average Bonchev–Trinajstić information content (AvgIpc) is 3.16. The number of piperidine rings is 1. The number of hydrogen-bond acceptors (Lipinski definition) is 6. The molecule has 1 atom stereocenters. The Balaban J connectivity index is 1.54. The topological polar surface area (TPSA) is 105 Å². The van der Waals surface area contributed by atoms with E-state index in [0.29, 0.717) is 28.5 Å². The minimum Gasteiger partial charge on any atom is -0.481 e. The summed E-state index contributed by atoms with van der Waals surface area (Å²) in [5, 5.41) is 6.07. The van der Waals surface area contributed by atoms with Crippen LogP contribution in [0.25, 0.3) is 17.1 Å². The summed E-state index contributed by atoms with van der Waals surface area (Å²) in [6.07, 6.45) is 6.32. The van der Waals surface area contributed by atoms with Gasteiger partial charge in [-0.25, -0.2) is 14.6 Å². The minimum absolute atomic E-state index is 0.0361. The third-order valence-electron chi connectivity index (χ3n) is 5.28. The van der Waals surface area contributed by atoms with Crippen LogP contribution in [0.3, 0.4) is 0 Å². The molecular formula is C21H24N6O3. The predicted molar refractivity (Wildman–Crippen MR) is 112 cm³/mol. The van der Waals surface area contributed by atoms with E-state index in [4.69, 9.17) is 4.74 Å².